The molecule has 5 heteroatoms. The van der Waals surface area contributed by atoms with Crippen LogP contribution in [-0.4, -0.2) is 20.8 Å². The molecule has 1 N–H and O–H groups in total. The lowest BCUT2D eigenvalue weighted by Crippen LogP contribution is -2.25. The van der Waals surface area contributed by atoms with Gasteiger partial charge in [-0.05, 0) is 56.7 Å². The average molecular weight is 362 g/mol. The number of hydrogen-bond donors (Lipinski definition) is 1. The van der Waals surface area contributed by atoms with E-state index >= 15 is 0 Å². The van der Waals surface area contributed by atoms with Crippen LogP contribution in [-0.2, 0) is 6.54 Å². The van der Waals surface area contributed by atoms with Gasteiger partial charge >= 0.3 is 0 Å². The summed E-state index contributed by atoms with van der Waals surface area (Å²) in [5, 5.41) is 8.27. The third-order valence-electron chi connectivity index (χ3n) is 5.14. The number of aryl methyl sites for hydroxylation is 1. The number of pyridine rings is 1. The Morgan fingerprint density at radius 1 is 1.11 bits per heavy atom. The lowest BCUT2D eigenvalue weighted by atomic mass is 9.96. The van der Waals surface area contributed by atoms with Crippen LogP contribution in [0.4, 0.5) is 4.39 Å². The Balaban J connectivity index is 1.48. The lowest BCUT2D eigenvalue weighted by Gasteiger charge is -2.14. The van der Waals surface area contributed by atoms with E-state index in [0.717, 1.165) is 35.7 Å². The summed E-state index contributed by atoms with van der Waals surface area (Å²) in [5.74, 6) is 0.0986. The third kappa shape index (κ3) is 3.69. The van der Waals surface area contributed by atoms with E-state index in [1.54, 1.807) is 12.1 Å². The van der Waals surface area contributed by atoms with Crippen molar-refractivity contribution in [1.82, 2.24) is 20.1 Å². The van der Waals surface area contributed by atoms with Crippen LogP contribution in [0, 0.1) is 19.7 Å². The zero-order valence-corrected chi connectivity index (χ0v) is 15.6. The summed E-state index contributed by atoms with van der Waals surface area (Å²) < 4.78 is 15.1. The molecule has 0 unspecified atom stereocenters. The molecule has 4 rings (SSSR count). The molecule has 2 aromatic heterocycles. The molecule has 0 saturated carbocycles. The van der Waals surface area contributed by atoms with E-state index in [-0.39, 0.29) is 5.82 Å². The Labute approximate surface area is 158 Å². The Morgan fingerprint density at radius 3 is 2.67 bits per heavy atom. The van der Waals surface area contributed by atoms with Crippen molar-refractivity contribution in [1.29, 1.82) is 0 Å². The van der Waals surface area contributed by atoms with Crippen molar-refractivity contribution in [3.8, 4) is 5.69 Å². The Morgan fingerprint density at radius 2 is 1.93 bits per heavy atom. The predicted octanol–water partition coefficient (Wildman–Crippen LogP) is 4.23. The topological polar surface area (TPSA) is 42.7 Å². The quantitative estimate of drug-likeness (QED) is 0.691. The summed E-state index contributed by atoms with van der Waals surface area (Å²) in [6.45, 7) is 4.89. The minimum absolute atomic E-state index is 0.235. The summed E-state index contributed by atoms with van der Waals surface area (Å²) in [6, 6.07) is 12.8. The maximum atomic E-state index is 13.2. The van der Waals surface area contributed by atoms with E-state index in [9.17, 15) is 4.39 Å². The van der Waals surface area contributed by atoms with Gasteiger partial charge in [-0.3, -0.25) is 4.98 Å². The summed E-state index contributed by atoms with van der Waals surface area (Å²) in [7, 11) is 0. The number of allylic oxidation sites excluding steroid dienone is 1. The van der Waals surface area contributed by atoms with Crippen LogP contribution in [0.1, 0.15) is 35.0 Å². The molecular formula is C22H23FN4. The molecule has 2 atom stereocenters. The van der Waals surface area contributed by atoms with Gasteiger partial charge in [-0.25, -0.2) is 9.07 Å². The van der Waals surface area contributed by atoms with Crippen molar-refractivity contribution in [3.05, 3.63) is 89.3 Å². The molecule has 2 heterocycles. The van der Waals surface area contributed by atoms with Gasteiger partial charge in [0.15, 0.2) is 0 Å². The van der Waals surface area contributed by atoms with Crippen LogP contribution < -0.4 is 5.32 Å². The standard InChI is InChI=1S/C22H23FN4/c1-15-22(16(2)27(26-15)21-10-7-18(23)8-11-21)17-6-9-19(13-17)25-14-20-5-3-4-12-24-20/h3-12,17,19,25H,13-14H2,1-2H3/t17-,19+/m0/s1. The molecular weight excluding hydrogens is 339 g/mol. The van der Waals surface area contributed by atoms with Crippen molar-refractivity contribution in [3.63, 3.8) is 0 Å². The van der Waals surface area contributed by atoms with Crippen LogP contribution >= 0.6 is 0 Å². The molecule has 0 fully saturated rings. The molecule has 0 spiro atoms. The molecule has 3 aromatic rings. The highest BCUT2D eigenvalue weighted by molar-refractivity contribution is 5.41. The summed E-state index contributed by atoms with van der Waals surface area (Å²) in [4.78, 5) is 4.36. The van der Waals surface area contributed by atoms with Crippen LogP contribution in [0.2, 0.25) is 0 Å². The number of rotatable bonds is 5. The zero-order chi connectivity index (χ0) is 18.8. The summed E-state index contributed by atoms with van der Waals surface area (Å²) in [5.41, 5.74) is 5.33. The highest BCUT2D eigenvalue weighted by atomic mass is 19.1. The number of aromatic nitrogens is 3. The minimum Gasteiger partial charge on any atom is -0.305 e. The first kappa shape index (κ1) is 17.6. The van der Waals surface area contributed by atoms with Crippen molar-refractivity contribution in [2.24, 2.45) is 0 Å². The van der Waals surface area contributed by atoms with Crippen molar-refractivity contribution in [2.75, 3.05) is 0 Å². The van der Waals surface area contributed by atoms with Gasteiger partial charge < -0.3 is 5.32 Å². The second kappa shape index (κ2) is 7.45. The first-order valence-corrected chi connectivity index (χ1v) is 9.25. The van der Waals surface area contributed by atoms with E-state index in [4.69, 9.17) is 5.10 Å². The van der Waals surface area contributed by atoms with E-state index in [0.29, 0.717) is 12.0 Å². The highest BCUT2D eigenvalue weighted by Crippen LogP contribution is 2.34. The van der Waals surface area contributed by atoms with Gasteiger partial charge in [0.05, 0.1) is 17.1 Å². The Hall–Kier alpha value is -2.79. The number of nitrogens with one attached hydrogen (secondary N) is 1. The molecule has 1 aliphatic carbocycles. The van der Waals surface area contributed by atoms with Crippen LogP contribution in [0.25, 0.3) is 5.69 Å². The van der Waals surface area contributed by atoms with Crippen LogP contribution in [0.5, 0.6) is 0 Å². The fourth-order valence-electron chi connectivity index (χ4n) is 3.83. The first-order valence-electron chi connectivity index (χ1n) is 9.25. The van der Waals surface area contributed by atoms with Gasteiger partial charge in [-0.2, -0.15) is 5.10 Å². The smallest absolute Gasteiger partial charge is 0.123 e. The summed E-state index contributed by atoms with van der Waals surface area (Å²) in [6.07, 6.45) is 7.33. The SMILES string of the molecule is Cc1nn(-c2ccc(F)cc2)c(C)c1[C@H]1C=C[C@@H](NCc2ccccn2)C1. The molecule has 4 nitrogen and oxygen atoms in total. The predicted molar refractivity (Wildman–Crippen MR) is 104 cm³/mol. The second-order valence-corrected chi connectivity index (χ2v) is 7.01. The van der Waals surface area contributed by atoms with Gasteiger partial charge in [-0.15, -0.1) is 0 Å². The Kier molecular flexibility index (Phi) is 4.86. The Bertz CT molecular complexity index is 944. The first-order chi connectivity index (χ1) is 13.1. The third-order valence-corrected chi connectivity index (χ3v) is 5.14. The van der Waals surface area contributed by atoms with E-state index in [2.05, 4.69) is 29.4 Å². The van der Waals surface area contributed by atoms with E-state index < -0.39 is 0 Å². The molecule has 0 bridgehead atoms. The number of nitrogens with zero attached hydrogens (tertiary/aromatic N) is 3. The molecule has 138 valence electrons. The van der Waals surface area contributed by atoms with Crippen molar-refractivity contribution < 1.29 is 4.39 Å². The van der Waals surface area contributed by atoms with Crippen LogP contribution in [0.3, 0.4) is 0 Å². The zero-order valence-electron chi connectivity index (χ0n) is 15.6. The molecule has 27 heavy (non-hydrogen) atoms. The molecule has 0 amide bonds. The fraction of sp³-hybridized carbons (Fsp3) is 0.273. The number of halogens is 1. The molecule has 0 radical (unpaired) electrons. The van der Waals surface area contributed by atoms with Gasteiger partial charge in [0.1, 0.15) is 5.82 Å². The average Bonchev–Trinajstić information content (AvgIpc) is 3.25. The van der Waals surface area contributed by atoms with E-state index in [1.165, 1.54) is 17.7 Å². The lowest BCUT2D eigenvalue weighted by molar-refractivity contribution is 0.554. The molecule has 0 aliphatic heterocycles. The number of benzene rings is 1. The number of hydrogen-bond acceptors (Lipinski definition) is 3. The van der Waals surface area contributed by atoms with Crippen molar-refractivity contribution >= 4 is 0 Å². The highest BCUT2D eigenvalue weighted by Gasteiger charge is 2.26. The molecule has 1 aromatic carbocycles. The molecule has 0 saturated heterocycles. The maximum absolute atomic E-state index is 13.2. The minimum atomic E-state index is -0.235. The fourth-order valence-corrected chi connectivity index (χ4v) is 3.83. The van der Waals surface area contributed by atoms with E-state index in [1.807, 2.05) is 36.0 Å². The van der Waals surface area contributed by atoms with Crippen molar-refractivity contribution in [2.45, 2.75) is 38.8 Å². The van der Waals surface area contributed by atoms with Gasteiger partial charge in [0.25, 0.3) is 0 Å². The molecule has 1 aliphatic rings. The van der Waals surface area contributed by atoms with Gasteiger partial charge in [-0.1, -0.05) is 18.2 Å². The monoisotopic (exact) mass is 362 g/mol. The van der Waals surface area contributed by atoms with Crippen LogP contribution in [0.15, 0.2) is 60.8 Å². The van der Waals surface area contributed by atoms with Gasteiger partial charge in [0.2, 0.25) is 0 Å². The largest absolute Gasteiger partial charge is 0.305 e. The normalized spacial score (nSPS) is 18.9. The summed E-state index contributed by atoms with van der Waals surface area (Å²) >= 11 is 0. The maximum Gasteiger partial charge on any atom is 0.123 e. The second-order valence-electron chi connectivity index (χ2n) is 7.01. The van der Waals surface area contributed by atoms with Gasteiger partial charge in [0, 0.05) is 36.0 Å².